The predicted molar refractivity (Wildman–Crippen MR) is 80.4 cm³/mol. The molecular weight excluding hydrogens is 310 g/mol. The van der Waals surface area contributed by atoms with Crippen LogP contribution in [-0.4, -0.2) is 0 Å². The highest BCUT2D eigenvalue weighted by atomic mass is 79.9. The second-order valence-corrected chi connectivity index (χ2v) is 5.46. The van der Waals surface area contributed by atoms with Crippen LogP contribution in [0.1, 0.15) is 16.7 Å². The van der Waals surface area contributed by atoms with E-state index in [4.69, 9.17) is 11.6 Å². The van der Waals surface area contributed by atoms with E-state index in [1.54, 1.807) is 0 Å². The van der Waals surface area contributed by atoms with Crippen molar-refractivity contribution in [3.8, 4) is 0 Å². The zero-order valence-corrected chi connectivity index (χ0v) is 12.2. The molecule has 0 N–H and O–H groups in total. The molecule has 2 aromatic rings. The Morgan fingerprint density at radius 2 is 1.67 bits per heavy atom. The molecule has 0 aliphatic carbocycles. The van der Waals surface area contributed by atoms with Gasteiger partial charge in [0.25, 0.3) is 0 Å². The van der Waals surface area contributed by atoms with Crippen molar-refractivity contribution in [2.24, 2.45) is 0 Å². The van der Waals surface area contributed by atoms with Crippen LogP contribution in [0.25, 0.3) is 0 Å². The Morgan fingerprint density at radius 3 is 2.28 bits per heavy atom. The minimum atomic E-state index is 0.787. The maximum Gasteiger partial charge on any atom is 0.0467 e. The number of hydrogen-bond donors (Lipinski definition) is 0. The van der Waals surface area contributed by atoms with E-state index in [-0.39, 0.29) is 0 Å². The average Bonchev–Trinajstić information content (AvgIpc) is 2.82. The monoisotopic (exact) mass is 321 g/mol. The number of fused-ring (bicyclic) bond motifs is 1. The van der Waals surface area contributed by atoms with Crippen molar-refractivity contribution in [2.75, 3.05) is 4.90 Å². The van der Waals surface area contributed by atoms with Gasteiger partial charge in [-0.05, 0) is 23.3 Å². The molecule has 2 aromatic carbocycles. The van der Waals surface area contributed by atoms with Crippen LogP contribution in [-0.2, 0) is 18.4 Å². The molecule has 1 heterocycles. The summed E-state index contributed by atoms with van der Waals surface area (Å²) in [7, 11) is 0. The second-order valence-electron chi connectivity index (χ2n) is 4.50. The topological polar surface area (TPSA) is 3.24 Å². The lowest BCUT2D eigenvalue weighted by Gasteiger charge is -2.21. The van der Waals surface area contributed by atoms with Crippen molar-refractivity contribution >= 4 is 33.2 Å². The van der Waals surface area contributed by atoms with Gasteiger partial charge in [0.1, 0.15) is 0 Å². The van der Waals surface area contributed by atoms with E-state index < -0.39 is 0 Å². The highest BCUT2D eigenvalue weighted by Crippen LogP contribution is 2.34. The molecule has 0 fully saturated rings. The van der Waals surface area contributed by atoms with Crippen LogP contribution in [0.3, 0.4) is 0 Å². The van der Waals surface area contributed by atoms with Crippen molar-refractivity contribution in [1.82, 2.24) is 0 Å². The highest BCUT2D eigenvalue weighted by Gasteiger charge is 2.21. The Hall–Kier alpha value is -0.990. The summed E-state index contributed by atoms with van der Waals surface area (Å²) >= 11 is 9.79. The normalized spacial score (nSPS) is 13.8. The lowest BCUT2D eigenvalue weighted by atomic mass is 10.1. The third-order valence-electron chi connectivity index (χ3n) is 3.41. The fraction of sp³-hybridized carbons (Fsp3) is 0.200. The lowest BCUT2D eigenvalue weighted by molar-refractivity contribution is 0.874. The Morgan fingerprint density at radius 1 is 1.00 bits per heavy atom. The molecule has 0 bridgehead atoms. The van der Waals surface area contributed by atoms with Crippen LogP contribution in [0.4, 0.5) is 5.69 Å². The van der Waals surface area contributed by atoms with E-state index >= 15 is 0 Å². The maximum absolute atomic E-state index is 6.26. The van der Waals surface area contributed by atoms with Gasteiger partial charge in [0.2, 0.25) is 0 Å². The van der Waals surface area contributed by atoms with Crippen LogP contribution < -0.4 is 4.90 Å². The zero-order valence-electron chi connectivity index (χ0n) is 9.87. The summed E-state index contributed by atoms with van der Waals surface area (Å²) in [6, 6.07) is 14.7. The minimum absolute atomic E-state index is 0.787. The molecule has 0 saturated carbocycles. The molecule has 0 amide bonds. The Balaban J connectivity index is 1.97. The van der Waals surface area contributed by atoms with Crippen LogP contribution in [0.2, 0.25) is 5.02 Å². The number of anilines is 1. The van der Waals surface area contributed by atoms with Gasteiger partial charge in [-0.1, -0.05) is 57.9 Å². The first-order valence-electron chi connectivity index (χ1n) is 5.94. The molecule has 0 aromatic heterocycles. The number of benzene rings is 2. The molecule has 1 aliphatic rings. The smallest absolute Gasteiger partial charge is 0.0467 e. The van der Waals surface area contributed by atoms with Gasteiger partial charge in [-0.15, -0.1) is 0 Å². The number of rotatable bonds is 2. The van der Waals surface area contributed by atoms with Crippen molar-refractivity contribution in [3.63, 3.8) is 0 Å². The number of nitrogens with zero attached hydrogens (tertiary/aromatic N) is 1. The Bertz CT molecular complexity index is 557. The summed E-state index contributed by atoms with van der Waals surface area (Å²) in [6.45, 7) is 1.94. The number of alkyl halides is 1. The summed E-state index contributed by atoms with van der Waals surface area (Å²) in [5.74, 6) is 0. The van der Waals surface area contributed by atoms with Gasteiger partial charge < -0.3 is 4.90 Å². The summed E-state index contributed by atoms with van der Waals surface area (Å²) in [6.07, 6.45) is 0. The van der Waals surface area contributed by atoms with Gasteiger partial charge >= 0.3 is 0 Å². The quantitative estimate of drug-likeness (QED) is 0.721. The largest absolute Gasteiger partial charge is 0.363 e. The first kappa shape index (κ1) is 12.1. The molecule has 3 heteroatoms. The zero-order chi connectivity index (χ0) is 12.5. The molecule has 1 nitrogen and oxygen atoms in total. The van der Waals surface area contributed by atoms with E-state index in [2.05, 4.69) is 51.2 Å². The van der Waals surface area contributed by atoms with E-state index in [1.807, 2.05) is 12.1 Å². The molecule has 3 rings (SSSR count). The predicted octanol–water partition coefficient (Wildman–Crippen LogP) is 4.76. The van der Waals surface area contributed by atoms with Crippen molar-refractivity contribution in [2.45, 2.75) is 18.4 Å². The van der Waals surface area contributed by atoms with E-state index in [1.165, 1.54) is 22.4 Å². The first-order valence-corrected chi connectivity index (χ1v) is 7.44. The lowest BCUT2D eigenvalue weighted by Crippen LogP contribution is -2.16. The molecule has 0 spiro atoms. The van der Waals surface area contributed by atoms with Gasteiger partial charge in [-0.2, -0.15) is 0 Å². The van der Waals surface area contributed by atoms with Crippen LogP contribution >= 0.6 is 27.5 Å². The fourth-order valence-corrected chi connectivity index (χ4v) is 3.47. The van der Waals surface area contributed by atoms with E-state index in [9.17, 15) is 0 Å². The van der Waals surface area contributed by atoms with Gasteiger partial charge in [-0.25, -0.2) is 0 Å². The van der Waals surface area contributed by atoms with E-state index in [0.29, 0.717) is 0 Å². The Labute approximate surface area is 121 Å². The summed E-state index contributed by atoms with van der Waals surface area (Å²) in [5, 5.41) is 1.62. The van der Waals surface area contributed by atoms with Crippen LogP contribution in [0.15, 0.2) is 42.5 Å². The molecule has 0 saturated heterocycles. The third kappa shape index (κ3) is 2.04. The molecular formula is C15H13BrClN. The number of halogens is 2. The summed E-state index contributed by atoms with van der Waals surface area (Å²) < 4.78 is 0. The molecule has 18 heavy (non-hydrogen) atoms. The fourth-order valence-electron chi connectivity index (χ4n) is 2.48. The van der Waals surface area contributed by atoms with Gasteiger partial charge in [0.15, 0.2) is 0 Å². The van der Waals surface area contributed by atoms with Crippen molar-refractivity contribution in [1.29, 1.82) is 0 Å². The maximum atomic E-state index is 6.26. The van der Waals surface area contributed by atoms with Crippen LogP contribution in [0, 0.1) is 0 Å². The van der Waals surface area contributed by atoms with E-state index in [0.717, 1.165) is 23.4 Å². The minimum Gasteiger partial charge on any atom is -0.363 e. The SMILES string of the molecule is Clc1cccc(N2Cc3ccccc3C2)c1CBr. The van der Waals surface area contributed by atoms with Crippen molar-refractivity contribution < 1.29 is 0 Å². The first-order chi connectivity index (χ1) is 8.79. The van der Waals surface area contributed by atoms with Gasteiger partial charge in [0, 0.05) is 34.7 Å². The second kappa shape index (κ2) is 4.94. The van der Waals surface area contributed by atoms with Gasteiger partial charge in [-0.3, -0.25) is 0 Å². The molecule has 0 unspecified atom stereocenters. The molecule has 0 atom stereocenters. The number of hydrogen-bond acceptors (Lipinski definition) is 1. The van der Waals surface area contributed by atoms with Crippen molar-refractivity contribution in [3.05, 3.63) is 64.2 Å². The highest BCUT2D eigenvalue weighted by molar-refractivity contribution is 9.08. The van der Waals surface area contributed by atoms with Crippen LogP contribution in [0.5, 0.6) is 0 Å². The molecule has 92 valence electrons. The third-order valence-corrected chi connectivity index (χ3v) is 4.32. The average molecular weight is 323 g/mol. The molecule has 0 radical (unpaired) electrons. The Kier molecular flexibility index (Phi) is 3.31. The molecule has 1 aliphatic heterocycles. The standard InChI is InChI=1S/C15H13BrClN/c16-8-13-14(17)6-3-7-15(13)18-9-11-4-1-2-5-12(11)10-18/h1-7H,8-10H2. The van der Waals surface area contributed by atoms with Gasteiger partial charge in [0.05, 0.1) is 0 Å². The summed E-state index contributed by atoms with van der Waals surface area (Å²) in [5.41, 5.74) is 5.23. The summed E-state index contributed by atoms with van der Waals surface area (Å²) in [4.78, 5) is 2.38.